The molecule has 3 N–H and O–H groups in total. The number of hydrogen-bond acceptors (Lipinski definition) is 4. The second-order valence-corrected chi connectivity index (χ2v) is 8.38. The summed E-state index contributed by atoms with van der Waals surface area (Å²) in [5.74, 6) is -0.936. The number of aromatic nitrogens is 1. The SMILES string of the molecule is O=C(O)c1ccc(C23C=C4C=CC(=N4)C=C4C=CC(=N4)C=c4ccc([nH]4)=CC(=CC2)N3)cc1. The average molecular weight is 432 g/mol. The molecule has 0 fully saturated rings. The van der Waals surface area contributed by atoms with Gasteiger partial charge in [-0.1, -0.05) is 18.2 Å². The fraction of sp³-hybridized carbons (Fsp3) is 0.0741. The molecule has 4 aliphatic rings. The summed E-state index contributed by atoms with van der Waals surface area (Å²) < 4.78 is 0. The van der Waals surface area contributed by atoms with Crippen molar-refractivity contribution in [2.24, 2.45) is 9.98 Å². The number of nitrogens with one attached hydrogen (secondary N) is 2. The summed E-state index contributed by atoms with van der Waals surface area (Å²) >= 11 is 0. The van der Waals surface area contributed by atoms with Crippen LogP contribution in [0.25, 0.3) is 12.2 Å². The largest absolute Gasteiger partial charge is 0.478 e. The topological polar surface area (TPSA) is 89.8 Å². The lowest BCUT2D eigenvalue weighted by molar-refractivity contribution is 0.0697. The molecule has 0 aliphatic carbocycles. The van der Waals surface area contributed by atoms with Crippen LogP contribution < -0.4 is 16.0 Å². The second kappa shape index (κ2) is 7.31. The van der Waals surface area contributed by atoms with Crippen molar-refractivity contribution in [2.45, 2.75) is 12.0 Å². The molecule has 1 atom stereocenters. The molecule has 0 spiro atoms. The highest BCUT2D eigenvalue weighted by atomic mass is 16.4. The van der Waals surface area contributed by atoms with E-state index in [1.54, 1.807) is 12.1 Å². The van der Waals surface area contributed by atoms with E-state index in [2.05, 4.69) is 33.5 Å². The van der Waals surface area contributed by atoms with Crippen molar-refractivity contribution in [3.8, 4) is 0 Å². The predicted molar refractivity (Wildman–Crippen MR) is 129 cm³/mol. The highest BCUT2D eigenvalue weighted by molar-refractivity contribution is 6.19. The molecule has 0 amide bonds. The second-order valence-electron chi connectivity index (χ2n) is 8.38. The Hall–Kier alpha value is -4.45. The van der Waals surface area contributed by atoms with E-state index in [4.69, 9.17) is 4.99 Å². The maximum atomic E-state index is 11.3. The fourth-order valence-electron chi connectivity index (χ4n) is 4.44. The zero-order valence-corrected chi connectivity index (χ0v) is 17.6. The van der Waals surface area contributed by atoms with Crippen LogP contribution in [0.5, 0.6) is 0 Å². The third-order valence-corrected chi connectivity index (χ3v) is 6.06. The summed E-state index contributed by atoms with van der Waals surface area (Å²) in [4.78, 5) is 24.2. The molecule has 6 rings (SSSR count). The number of benzene rings is 1. The quantitative estimate of drug-likeness (QED) is 0.682. The first kappa shape index (κ1) is 19.3. The first-order valence-corrected chi connectivity index (χ1v) is 10.7. The summed E-state index contributed by atoms with van der Waals surface area (Å²) in [6.45, 7) is 0. The van der Waals surface area contributed by atoms with E-state index in [1.165, 1.54) is 0 Å². The summed E-state index contributed by atoms with van der Waals surface area (Å²) in [7, 11) is 0. The van der Waals surface area contributed by atoms with Crippen molar-refractivity contribution in [1.29, 1.82) is 0 Å². The molecular weight excluding hydrogens is 412 g/mol. The first-order chi connectivity index (χ1) is 16.0. The molecule has 6 heteroatoms. The Morgan fingerprint density at radius 2 is 1.55 bits per heavy atom. The number of aromatic carboxylic acids is 1. The monoisotopic (exact) mass is 432 g/mol. The Labute approximate surface area is 189 Å². The minimum atomic E-state index is -0.936. The molecule has 33 heavy (non-hydrogen) atoms. The lowest BCUT2D eigenvalue weighted by Crippen LogP contribution is -2.36. The van der Waals surface area contributed by atoms with Crippen molar-refractivity contribution in [1.82, 2.24) is 10.3 Å². The Balaban J connectivity index is 1.50. The molecule has 1 unspecified atom stereocenters. The third kappa shape index (κ3) is 3.61. The molecule has 6 nitrogen and oxygen atoms in total. The number of carboxylic acids is 1. The third-order valence-electron chi connectivity index (χ3n) is 6.06. The zero-order valence-electron chi connectivity index (χ0n) is 17.6. The molecule has 0 saturated carbocycles. The van der Waals surface area contributed by atoms with Gasteiger partial charge in [0, 0.05) is 16.4 Å². The van der Waals surface area contributed by atoms with Crippen LogP contribution in [0, 0.1) is 0 Å². The fourth-order valence-corrected chi connectivity index (χ4v) is 4.44. The maximum Gasteiger partial charge on any atom is 0.335 e. The molecule has 1 aromatic carbocycles. The smallest absolute Gasteiger partial charge is 0.335 e. The Kier molecular flexibility index (Phi) is 4.26. The van der Waals surface area contributed by atoms with Crippen LogP contribution in [0.2, 0.25) is 0 Å². The Morgan fingerprint density at radius 3 is 2.33 bits per heavy atom. The number of carbonyl (C=O) groups is 1. The number of H-pyrrole nitrogens is 1. The number of hydrogen-bond donors (Lipinski definition) is 3. The van der Waals surface area contributed by atoms with E-state index in [9.17, 15) is 9.90 Å². The standard InChI is InChI=1S/C27H20N4O2/c32-26(33)17-1-3-18(4-2-17)27-12-11-24(31-27)15-23-8-7-20(29-23)13-19-5-6-21(28-19)14-22-9-10-25(16-27)30-22/h1-11,13-16,29,31H,12H2,(H,32,33). The zero-order chi connectivity index (χ0) is 22.4. The van der Waals surface area contributed by atoms with Gasteiger partial charge in [0.15, 0.2) is 0 Å². The Bertz CT molecular complexity index is 1520. The summed E-state index contributed by atoms with van der Waals surface area (Å²) in [5.41, 5.74) is 5.13. The number of aromatic amines is 1. The van der Waals surface area contributed by atoms with Gasteiger partial charge in [0.2, 0.25) is 0 Å². The first-order valence-electron chi connectivity index (χ1n) is 10.7. The molecule has 0 saturated heterocycles. The number of carboxylic acid groups (broad SMARTS) is 1. The molecule has 4 aliphatic heterocycles. The summed E-state index contributed by atoms with van der Waals surface area (Å²) in [6.07, 6.45) is 19.0. The summed E-state index contributed by atoms with van der Waals surface area (Å²) in [5, 5.41) is 14.9. The van der Waals surface area contributed by atoms with Crippen molar-refractivity contribution in [3.63, 3.8) is 0 Å². The van der Waals surface area contributed by atoms with Gasteiger partial charge >= 0.3 is 5.97 Å². The minimum Gasteiger partial charge on any atom is -0.478 e. The highest BCUT2D eigenvalue weighted by Crippen LogP contribution is 2.36. The van der Waals surface area contributed by atoms with E-state index in [0.29, 0.717) is 6.42 Å². The number of allylic oxidation sites excluding steroid dienone is 6. The van der Waals surface area contributed by atoms with Gasteiger partial charge in [0.1, 0.15) is 0 Å². The number of rotatable bonds is 2. The number of nitrogens with zero attached hydrogens (tertiary/aromatic N) is 2. The van der Waals surface area contributed by atoms with Crippen molar-refractivity contribution in [2.75, 3.05) is 0 Å². The van der Waals surface area contributed by atoms with Crippen molar-refractivity contribution in [3.05, 3.63) is 118 Å². The molecule has 5 heterocycles. The molecule has 8 bridgehead atoms. The van der Waals surface area contributed by atoms with Crippen LogP contribution >= 0.6 is 0 Å². The van der Waals surface area contributed by atoms with Crippen LogP contribution in [0.1, 0.15) is 22.3 Å². The van der Waals surface area contributed by atoms with E-state index >= 15 is 0 Å². The van der Waals surface area contributed by atoms with Crippen molar-refractivity contribution < 1.29 is 9.90 Å². The van der Waals surface area contributed by atoms with E-state index in [1.807, 2.05) is 60.7 Å². The van der Waals surface area contributed by atoms with Crippen LogP contribution in [0.3, 0.4) is 0 Å². The predicted octanol–water partition coefficient (Wildman–Crippen LogP) is 2.85. The van der Waals surface area contributed by atoms with E-state index < -0.39 is 11.5 Å². The molecule has 1 aromatic heterocycles. The van der Waals surface area contributed by atoms with Gasteiger partial charge < -0.3 is 15.4 Å². The minimum absolute atomic E-state index is 0.265. The number of aliphatic imine (C=N–C) groups is 2. The van der Waals surface area contributed by atoms with Gasteiger partial charge in [-0.25, -0.2) is 14.8 Å². The maximum absolute atomic E-state index is 11.3. The van der Waals surface area contributed by atoms with Gasteiger partial charge in [-0.2, -0.15) is 0 Å². The van der Waals surface area contributed by atoms with Gasteiger partial charge in [-0.15, -0.1) is 0 Å². The van der Waals surface area contributed by atoms with Gasteiger partial charge in [-0.05, 0) is 84.9 Å². The molecular formula is C27H20N4O2. The van der Waals surface area contributed by atoms with Crippen LogP contribution in [0.4, 0.5) is 0 Å². The Morgan fingerprint density at radius 1 is 0.848 bits per heavy atom. The van der Waals surface area contributed by atoms with E-state index in [-0.39, 0.29) is 5.56 Å². The normalized spacial score (nSPS) is 22.4. The van der Waals surface area contributed by atoms with Gasteiger partial charge in [-0.3, -0.25) is 0 Å². The molecule has 2 aromatic rings. The highest BCUT2D eigenvalue weighted by Gasteiger charge is 2.34. The van der Waals surface area contributed by atoms with Gasteiger partial charge in [0.05, 0.1) is 33.9 Å². The number of fused-ring (bicyclic) bond motifs is 6. The molecule has 0 radical (unpaired) electrons. The van der Waals surface area contributed by atoms with Gasteiger partial charge in [0.25, 0.3) is 0 Å². The van der Waals surface area contributed by atoms with E-state index in [0.717, 1.165) is 44.8 Å². The van der Waals surface area contributed by atoms with Crippen LogP contribution in [-0.2, 0) is 5.54 Å². The van der Waals surface area contributed by atoms with Crippen molar-refractivity contribution >= 4 is 29.5 Å². The van der Waals surface area contributed by atoms with Crippen LogP contribution in [0.15, 0.2) is 106 Å². The van der Waals surface area contributed by atoms with Crippen LogP contribution in [-0.4, -0.2) is 27.5 Å². The molecule has 160 valence electrons. The lowest BCUT2D eigenvalue weighted by Gasteiger charge is -2.29. The summed E-state index contributed by atoms with van der Waals surface area (Å²) in [6, 6.07) is 11.1. The lowest BCUT2D eigenvalue weighted by atomic mass is 9.87. The average Bonchev–Trinajstić information content (AvgIpc) is 3.59.